The van der Waals surface area contributed by atoms with Crippen molar-refractivity contribution in [3.8, 4) is 0 Å². The first-order chi connectivity index (χ1) is 7.72. The first-order valence-corrected chi connectivity index (χ1v) is 5.65. The summed E-state index contributed by atoms with van der Waals surface area (Å²) in [7, 11) is 0. The van der Waals surface area contributed by atoms with E-state index in [9.17, 15) is 0 Å². The molecule has 16 heavy (non-hydrogen) atoms. The van der Waals surface area contributed by atoms with E-state index in [4.69, 9.17) is 10.2 Å². The molecule has 4 heteroatoms. The molecule has 1 aromatic carbocycles. The van der Waals surface area contributed by atoms with Crippen molar-refractivity contribution >= 4 is 22.8 Å². The summed E-state index contributed by atoms with van der Waals surface area (Å²) in [6.07, 6.45) is 2.61. The van der Waals surface area contributed by atoms with Gasteiger partial charge in [-0.3, -0.25) is 0 Å². The lowest BCUT2D eigenvalue weighted by atomic mass is 10.2. The molecular formula is C12H15N3O. The van der Waals surface area contributed by atoms with E-state index in [1.165, 1.54) is 12.8 Å². The summed E-state index contributed by atoms with van der Waals surface area (Å²) in [4.78, 5) is 4.37. The number of rotatable bonds is 3. The van der Waals surface area contributed by atoms with E-state index in [2.05, 4.69) is 17.2 Å². The Kier molecular flexibility index (Phi) is 2.02. The highest BCUT2D eigenvalue weighted by molar-refractivity contribution is 5.78. The van der Waals surface area contributed by atoms with Gasteiger partial charge in [-0.1, -0.05) is 0 Å². The minimum Gasteiger partial charge on any atom is -0.424 e. The number of nitrogens with two attached hydrogens (primary N) is 1. The Labute approximate surface area is 93.8 Å². The molecule has 0 saturated heterocycles. The largest absolute Gasteiger partial charge is 0.424 e. The maximum absolute atomic E-state index is 5.69. The standard InChI is InChI=1S/C12H15N3O/c1-7(8-2-3-8)14-12-15-10-6-9(13)4-5-11(10)16-12/h4-8H,2-3,13H2,1H3,(H,14,15). The van der Waals surface area contributed by atoms with Crippen molar-refractivity contribution in [1.29, 1.82) is 0 Å². The van der Waals surface area contributed by atoms with E-state index in [1.54, 1.807) is 0 Å². The zero-order chi connectivity index (χ0) is 11.1. The molecule has 1 aliphatic carbocycles. The first kappa shape index (κ1) is 9.51. The van der Waals surface area contributed by atoms with Crippen LogP contribution < -0.4 is 11.1 Å². The van der Waals surface area contributed by atoms with Crippen molar-refractivity contribution in [3.63, 3.8) is 0 Å². The average Bonchev–Trinajstić information content (AvgIpc) is 3.00. The fraction of sp³-hybridized carbons (Fsp3) is 0.417. The van der Waals surface area contributed by atoms with Crippen molar-refractivity contribution in [3.05, 3.63) is 18.2 Å². The summed E-state index contributed by atoms with van der Waals surface area (Å²) >= 11 is 0. The molecule has 0 bridgehead atoms. The zero-order valence-electron chi connectivity index (χ0n) is 9.23. The fourth-order valence-corrected chi connectivity index (χ4v) is 1.92. The van der Waals surface area contributed by atoms with Crippen LogP contribution in [-0.2, 0) is 0 Å². The minimum absolute atomic E-state index is 0.436. The van der Waals surface area contributed by atoms with Crippen LogP contribution in [0.4, 0.5) is 11.7 Å². The Hall–Kier alpha value is -1.71. The molecule has 0 spiro atoms. The van der Waals surface area contributed by atoms with Crippen molar-refractivity contribution in [1.82, 2.24) is 4.98 Å². The molecule has 4 nitrogen and oxygen atoms in total. The molecule has 1 saturated carbocycles. The SMILES string of the molecule is CC(Nc1nc2cc(N)ccc2o1)C1CC1. The number of hydrogen-bond donors (Lipinski definition) is 2. The van der Waals surface area contributed by atoms with E-state index in [0.717, 1.165) is 17.0 Å². The Morgan fingerprint density at radius 3 is 3.06 bits per heavy atom. The monoisotopic (exact) mass is 217 g/mol. The topological polar surface area (TPSA) is 64.1 Å². The molecule has 3 N–H and O–H groups in total. The second-order valence-corrected chi connectivity index (χ2v) is 4.52. The number of aromatic nitrogens is 1. The van der Waals surface area contributed by atoms with Crippen LogP contribution in [0.1, 0.15) is 19.8 Å². The first-order valence-electron chi connectivity index (χ1n) is 5.65. The third-order valence-corrected chi connectivity index (χ3v) is 3.09. The highest BCUT2D eigenvalue weighted by atomic mass is 16.4. The molecule has 84 valence electrons. The molecule has 3 rings (SSSR count). The molecule has 1 unspecified atom stereocenters. The van der Waals surface area contributed by atoms with E-state index in [-0.39, 0.29) is 0 Å². The number of nitrogens with zero attached hydrogens (tertiary/aromatic N) is 1. The molecule has 0 aliphatic heterocycles. The van der Waals surface area contributed by atoms with Gasteiger partial charge in [0.2, 0.25) is 0 Å². The quantitative estimate of drug-likeness (QED) is 0.776. The van der Waals surface area contributed by atoms with Crippen LogP contribution in [0.3, 0.4) is 0 Å². The van der Waals surface area contributed by atoms with E-state index in [1.807, 2.05) is 18.2 Å². The Morgan fingerprint density at radius 1 is 1.50 bits per heavy atom. The van der Waals surface area contributed by atoms with Crippen molar-refractivity contribution < 1.29 is 4.42 Å². The third kappa shape index (κ3) is 1.71. The van der Waals surface area contributed by atoms with E-state index < -0.39 is 0 Å². The molecule has 1 atom stereocenters. The third-order valence-electron chi connectivity index (χ3n) is 3.09. The summed E-state index contributed by atoms with van der Waals surface area (Å²) in [5, 5.41) is 3.29. The predicted octanol–water partition coefficient (Wildman–Crippen LogP) is 2.62. The smallest absolute Gasteiger partial charge is 0.295 e. The van der Waals surface area contributed by atoms with Crippen molar-refractivity contribution in [2.75, 3.05) is 11.1 Å². The summed E-state index contributed by atoms with van der Waals surface area (Å²) in [6.45, 7) is 2.17. The highest BCUT2D eigenvalue weighted by Crippen LogP contribution is 2.34. The fourth-order valence-electron chi connectivity index (χ4n) is 1.92. The van der Waals surface area contributed by atoms with E-state index in [0.29, 0.717) is 17.7 Å². The van der Waals surface area contributed by atoms with Crippen LogP contribution in [0.15, 0.2) is 22.6 Å². The van der Waals surface area contributed by atoms with Gasteiger partial charge < -0.3 is 15.5 Å². The van der Waals surface area contributed by atoms with Gasteiger partial charge in [-0.25, -0.2) is 0 Å². The lowest BCUT2D eigenvalue weighted by Gasteiger charge is -2.09. The van der Waals surface area contributed by atoms with Crippen LogP contribution >= 0.6 is 0 Å². The van der Waals surface area contributed by atoms with Crippen LogP contribution in [0, 0.1) is 5.92 Å². The Bertz CT molecular complexity index is 516. The van der Waals surface area contributed by atoms with Crippen LogP contribution in [0.2, 0.25) is 0 Å². The molecule has 1 aromatic heterocycles. The van der Waals surface area contributed by atoms with Gasteiger partial charge in [-0.15, -0.1) is 0 Å². The van der Waals surface area contributed by atoms with Gasteiger partial charge >= 0.3 is 0 Å². The van der Waals surface area contributed by atoms with Gasteiger partial charge in [0.15, 0.2) is 5.58 Å². The van der Waals surface area contributed by atoms with Gasteiger partial charge in [0.05, 0.1) is 0 Å². The lowest BCUT2D eigenvalue weighted by molar-refractivity contribution is 0.584. The second kappa shape index (κ2) is 3.40. The summed E-state index contributed by atoms with van der Waals surface area (Å²) in [6, 6.07) is 6.53. The minimum atomic E-state index is 0.436. The summed E-state index contributed by atoms with van der Waals surface area (Å²) in [5.74, 6) is 0.778. The number of hydrogen-bond acceptors (Lipinski definition) is 4. The van der Waals surface area contributed by atoms with Gasteiger partial charge in [0, 0.05) is 11.7 Å². The zero-order valence-corrected chi connectivity index (χ0v) is 9.23. The van der Waals surface area contributed by atoms with Crippen LogP contribution in [-0.4, -0.2) is 11.0 Å². The van der Waals surface area contributed by atoms with Crippen LogP contribution in [0.5, 0.6) is 0 Å². The molecule has 1 heterocycles. The van der Waals surface area contributed by atoms with Crippen molar-refractivity contribution in [2.45, 2.75) is 25.8 Å². The predicted molar refractivity (Wildman–Crippen MR) is 64.2 cm³/mol. The Morgan fingerprint density at radius 2 is 2.31 bits per heavy atom. The van der Waals surface area contributed by atoms with Crippen molar-refractivity contribution in [2.24, 2.45) is 5.92 Å². The highest BCUT2D eigenvalue weighted by Gasteiger charge is 2.28. The second-order valence-electron chi connectivity index (χ2n) is 4.52. The summed E-state index contributed by atoms with van der Waals surface area (Å²) < 4.78 is 5.59. The van der Waals surface area contributed by atoms with Gasteiger partial charge in [0.25, 0.3) is 6.01 Å². The lowest BCUT2D eigenvalue weighted by Crippen LogP contribution is -2.17. The molecular weight excluding hydrogens is 202 g/mol. The number of nitrogen functional groups attached to an aromatic ring is 1. The Balaban J connectivity index is 1.86. The molecule has 0 radical (unpaired) electrons. The van der Waals surface area contributed by atoms with Gasteiger partial charge in [-0.05, 0) is 43.9 Å². The number of fused-ring (bicyclic) bond motifs is 1. The number of nitrogens with one attached hydrogen (secondary N) is 1. The molecule has 1 aliphatic rings. The normalized spacial score (nSPS) is 17.6. The summed E-state index contributed by atoms with van der Waals surface area (Å²) in [5.41, 5.74) is 7.99. The maximum Gasteiger partial charge on any atom is 0.295 e. The number of anilines is 2. The molecule has 2 aromatic rings. The molecule has 0 amide bonds. The molecule has 1 fully saturated rings. The van der Waals surface area contributed by atoms with Gasteiger partial charge in [-0.2, -0.15) is 4.98 Å². The van der Waals surface area contributed by atoms with Gasteiger partial charge in [0.1, 0.15) is 5.52 Å². The average molecular weight is 217 g/mol. The van der Waals surface area contributed by atoms with E-state index >= 15 is 0 Å². The van der Waals surface area contributed by atoms with Crippen LogP contribution in [0.25, 0.3) is 11.1 Å². The maximum atomic E-state index is 5.69. The number of oxazole rings is 1. The number of benzene rings is 1.